The first-order valence-corrected chi connectivity index (χ1v) is 6.72. The van der Waals surface area contributed by atoms with E-state index in [-0.39, 0.29) is 5.91 Å². The molecule has 0 saturated carbocycles. The van der Waals surface area contributed by atoms with Gasteiger partial charge in [-0.3, -0.25) is 4.79 Å². The highest BCUT2D eigenvalue weighted by Crippen LogP contribution is 2.16. The minimum absolute atomic E-state index is 0.0287. The predicted molar refractivity (Wildman–Crippen MR) is 75.9 cm³/mol. The number of carbonyl (C=O) groups is 1. The maximum atomic E-state index is 11.9. The number of para-hydroxylation sites is 1. The zero-order chi connectivity index (χ0) is 12.8. The monoisotopic (exact) mass is 260 g/mol. The number of amides is 1. The van der Waals surface area contributed by atoms with E-state index in [4.69, 9.17) is 0 Å². The van der Waals surface area contributed by atoms with Crippen LogP contribution in [0.1, 0.15) is 10.4 Å². The summed E-state index contributed by atoms with van der Waals surface area (Å²) in [6.07, 6.45) is 0.436. The third-order valence-corrected chi connectivity index (χ3v) is 3.45. The van der Waals surface area contributed by atoms with Gasteiger partial charge in [-0.15, -0.1) is 11.3 Å². The van der Waals surface area contributed by atoms with Crippen LogP contribution in [0.2, 0.25) is 0 Å². The van der Waals surface area contributed by atoms with E-state index in [2.05, 4.69) is 10.6 Å². The average Bonchev–Trinajstić information content (AvgIpc) is 2.84. The van der Waals surface area contributed by atoms with Crippen LogP contribution in [-0.4, -0.2) is 13.0 Å². The SMILES string of the molecule is CNCc1ccccc1NC(=O)Cc1cccs1. The lowest BCUT2D eigenvalue weighted by Gasteiger charge is -2.10. The molecule has 2 rings (SSSR count). The zero-order valence-corrected chi connectivity index (χ0v) is 11.1. The molecule has 0 aliphatic carbocycles. The van der Waals surface area contributed by atoms with Gasteiger partial charge in [0.05, 0.1) is 6.42 Å². The van der Waals surface area contributed by atoms with Crippen molar-refractivity contribution in [2.45, 2.75) is 13.0 Å². The molecule has 0 unspecified atom stereocenters. The Bertz CT molecular complexity index is 508. The maximum Gasteiger partial charge on any atom is 0.229 e. The molecule has 0 aliphatic heterocycles. The van der Waals surface area contributed by atoms with Gasteiger partial charge in [-0.2, -0.15) is 0 Å². The van der Waals surface area contributed by atoms with Crippen molar-refractivity contribution in [2.75, 3.05) is 12.4 Å². The summed E-state index contributed by atoms with van der Waals surface area (Å²) in [4.78, 5) is 13.0. The third-order valence-electron chi connectivity index (χ3n) is 2.57. The van der Waals surface area contributed by atoms with Crippen LogP contribution in [0.4, 0.5) is 5.69 Å². The smallest absolute Gasteiger partial charge is 0.229 e. The van der Waals surface area contributed by atoms with Gasteiger partial charge in [-0.1, -0.05) is 24.3 Å². The van der Waals surface area contributed by atoms with Crippen molar-refractivity contribution in [3.8, 4) is 0 Å². The number of hydrogen-bond donors (Lipinski definition) is 2. The van der Waals surface area contributed by atoms with Crippen LogP contribution in [-0.2, 0) is 17.8 Å². The fraction of sp³-hybridized carbons (Fsp3) is 0.214. The largest absolute Gasteiger partial charge is 0.325 e. The molecule has 0 atom stereocenters. The van der Waals surface area contributed by atoms with Gasteiger partial charge in [0.2, 0.25) is 5.91 Å². The molecule has 2 aromatic rings. The number of thiophene rings is 1. The van der Waals surface area contributed by atoms with Crippen molar-refractivity contribution in [2.24, 2.45) is 0 Å². The first-order chi connectivity index (χ1) is 8.79. The van der Waals surface area contributed by atoms with Crippen LogP contribution < -0.4 is 10.6 Å². The van der Waals surface area contributed by atoms with Gasteiger partial charge in [0.15, 0.2) is 0 Å². The van der Waals surface area contributed by atoms with Gasteiger partial charge in [-0.05, 0) is 30.1 Å². The minimum atomic E-state index is 0.0287. The molecule has 4 heteroatoms. The van der Waals surface area contributed by atoms with Crippen molar-refractivity contribution in [3.05, 3.63) is 52.2 Å². The normalized spacial score (nSPS) is 10.3. The molecule has 0 bridgehead atoms. The molecular formula is C14H16N2OS. The first kappa shape index (κ1) is 12.8. The molecular weight excluding hydrogens is 244 g/mol. The lowest BCUT2D eigenvalue weighted by Crippen LogP contribution is -2.16. The molecule has 0 fully saturated rings. The average molecular weight is 260 g/mol. The topological polar surface area (TPSA) is 41.1 Å². The van der Waals surface area contributed by atoms with E-state index in [1.54, 1.807) is 11.3 Å². The number of rotatable bonds is 5. The fourth-order valence-electron chi connectivity index (χ4n) is 1.75. The van der Waals surface area contributed by atoms with E-state index in [0.29, 0.717) is 6.42 Å². The van der Waals surface area contributed by atoms with Gasteiger partial charge in [0, 0.05) is 17.1 Å². The highest BCUT2D eigenvalue weighted by atomic mass is 32.1. The van der Waals surface area contributed by atoms with Crippen molar-refractivity contribution < 1.29 is 4.79 Å². The minimum Gasteiger partial charge on any atom is -0.325 e. The van der Waals surface area contributed by atoms with E-state index in [1.165, 1.54) is 0 Å². The van der Waals surface area contributed by atoms with Gasteiger partial charge in [-0.25, -0.2) is 0 Å². The summed E-state index contributed by atoms with van der Waals surface area (Å²) in [5.74, 6) is 0.0287. The highest BCUT2D eigenvalue weighted by Gasteiger charge is 2.07. The highest BCUT2D eigenvalue weighted by molar-refractivity contribution is 7.10. The number of carbonyl (C=O) groups excluding carboxylic acids is 1. The Hall–Kier alpha value is -1.65. The second-order valence-electron chi connectivity index (χ2n) is 3.99. The van der Waals surface area contributed by atoms with Gasteiger partial charge in [0.25, 0.3) is 0 Å². The number of benzene rings is 1. The summed E-state index contributed by atoms with van der Waals surface area (Å²) in [5, 5.41) is 8.04. The third kappa shape index (κ3) is 3.42. The summed E-state index contributed by atoms with van der Waals surface area (Å²) >= 11 is 1.60. The van der Waals surface area contributed by atoms with Gasteiger partial charge >= 0.3 is 0 Å². The predicted octanol–water partition coefficient (Wildman–Crippen LogP) is 2.65. The first-order valence-electron chi connectivity index (χ1n) is 5.84. The number of hydrogen-bond acceptors (Lipinski definition) is 3. The number of anilines is 1. The summed E-state index contributed by atoms with van der Waals surface area (Å²) in [6, 6.07) is 11.8. The van der Waals surface area contributed by atoms with Crippen molar-refractivity contribution >= 4 is 22.9 Å². The molecule has 18 heavy (non-hydrogen) atoms. The van der Waals surface area contributed by atoms with Crippen LogP contribution in [0.3, 0.4) is 0 Å². The molecule has 3 nitrogen and oxygen atoms in total. The molecule has 0 radical (unpaired) electrons. The van der Waals surface area contributed by atoms with Crippen LogP contribution in [0.15, 0.2) is 41.8 Å². The van der Waals surface area contributed by atoms with Crippen LogP contribution in [0, 0.1) is 0 Å². The molecule has 1 amide bonds. The Morgan fingerprint density at radius 1 is 1.22 bits per heavy atom. The summed E-state index contributed by atoms with van der Waals surface area (Å²) in [5.41, 5.74) is 1.98. The van der Waals surface area contributed by atoms with Crippen molar-refractivity contribution in [3.63, 3.8) is 0 Å². The molecule has 1 aromatic heterocycles. The van der Waals surface area contributed by atoms with Crippen LogP contribution >= 0.6 is 11.3 Å². The molecule has 94 valence electrons. The Morgan fingerprint density at radius 3 is 2.78 bits per heavy atom. The lowest BCUT2D eigenvalue weighted by molar-refractivity contribution is -0.115. The Labute approximate surface area is 111 Å². The van der Waals surface area contributed by atoms with E-state index in [0.717, 1.165) is 22.7 Å². The number of nitrogens with one attached hydrogen (secondary N) is 2. The second-order valence-corrected chi connectivity index (χ2v) is 5.02. The summed E-state index contributed by atoms with van der Waals surface area (Å²) < 4.78 is 0. The van der Waals surface area contributed by atoms with E-state index >= 15 is 0 Å². The van der Waals surface area contributed by atoms with Crippen LogP contribution in [0.5, 0.6) is 0 Å². The molecule has 1 aromatic carbocycles. The molecule has 0 spiro atoms. The zero-order valence-electron chi connectivity index (χ0n) is 10.3. The Kier molecular flexibility index (Phi) is 4.50. The van der Waals surface area contributed by atoms with E-state index < -0.39 is 0 Å². The van der Waals surface area contributed by atoms with E-state index in [9.17, 15) is 4.79 Å². The van der Waals surface area contributed by atoms with Gasteiger partial charge < -0.3 is 10.6 Å². The summed E-state index contributed by atoms with van der Waals surface area (Å²) in [6.45, 7) is 0.745. The van der Waals surface area contributed by atoms with E-state index in [1.807, 2.05) is 48.8 Å². The van der Waals surface area contributed by atoms with Gasteiger partial charge in [0.1, 0.15) is 0 Å². The molecule has 0 aliphatic rings. The Morgan fingerprint density at radius 2 is 2.06 bits per heavy atom. The second kappa shape index (κ2) is 6.33. The fourth-order valence-corrected chi connectivity index (χ4v) is 2.46. The van der Waals surface area contributed by atoms with Crippen molar-refractivity contribution in [1.29, 1.82) is 0 Å². The Balaban J connectivity index is 2.02. The standard InChI is InChI=1S/C14H16N2OS/c1-15-10-11-5-2-3-7-13(11)16-14(17)9-12-6-4-8-18-12/h2-8,15H,9-10H2,1H3,(H,16,17). The molecule has 2 N–H and O–H groups in total. The quantitative estimate of drug-likeness (QED) is 0.867. The molecule has 0 saturated heterocycles. The maximum absolute atomic E-state index is 11.9. The summed E-state index contributed by atoms with van der Waals surface area (Å²) in [7, 11) is 1.89. The lowest BCUT2D eigenvalue weighted by atomic mass is 10.1. The molecule has 1 heterocycles. The van der Waals surface area contributed by atoms with Crippen LogP contribution in [0.25, 0.3) is 0 Å². The van der Waals surface area contributed by atoms with Crippen molar-refractivity contribution in [1.82, 2.24) is 5.32 Å².